The molecule has 152 valence electrons. The molecule has 1 fully saturated rings. The molecule has 2 aromatic heterocycles. The molecule has 2 aromatic rings. The Morgan fingerprint density at radius 3 is 2.54 bits per heavy atom. The smallest absolute Gasteiger partial charge is 0.143 e. The summed E-state index contributed by atoms with van der Waals surface area (Å²) in [5.41, 5.74) is 5.68. The molecule has 1 saturated heterocycles. The summed E-state index contributed by atoms with van der Waals surface area (Å²) in [6.07, 6.45) is 2.95. The van der Waals surface area contributed by atoms with E-state index in [1.54, 1.807) is 20.0 Å². The second-order valence-corrected chi connectivity index (χ2v) is 6.94. The van der Waals surface area contributed by atoms with Gasteiger partial charge in [-0.1, -0.05) is 0 Å². The Bertz CT molecular complexity index is 798. The SMILES string of the molecule is CN.Cc1ccnc(Nc2nc(N3CCOCC3)cc(C(C)(C)O)c2C=N)c1. The molecule has 0 unspecified atom stereocenters. The maximum atomic E-state index is 10.6. The summed E-state index contributed by atoms with van der Waals surface area (Å²) in [6, 6.07) is 5.70. The van der Waals surface area contributed by atoms with Crippen LogP contribution in [0.25, 0.3) is 0 Å². The summed E-state index contributed by atoms with van der Waals surface area (Å²) < 4.78 is 5.42. The molecule has 0 atom stereocenters. The first kappa shape index (κ1) is 21.7. The summed E-state index contributed by atoms with van der Waals surface area (Å²) in [5.74, 6) is 1.92. The zero-order chi connectivity index (χ0) is 20.7. The molecule has 1 aliphatic heterocycles. The molecule has 8 heteroatoms. The van der Waals surface area contributed by atoms with Crippen molar-refractivity contribution in [3.63, 3.8) is 0 Å². The number of ether oxygens (including phenoxy) is 1. The van der Waals surface area contributed by atoms with Crippen molar-refractivity contribution < 1.29 is 9.84 Å². The average Bonchev–Trinajstić information content (AvgIpc) is 2.69. The largest absolute Gasteiger partial charge is 0.386 e. The van der Waals surface area contributed by atoms with Crippen LogP contribution in [0.15, 0.2) is 24.4 Å². The molecular formula is C20H30N6O2. The molecule has 28 heavy (non-hydrogen) atoms. The van der Waals surface area contributed by atoms with Crippen LogP contribution >= 0.6 is 0 Å². The van der Waals surface area contributed by atoms with E-state index < -0.39 is 5.60 Å². The molecular weight excluding hydrogens is 356 g/mol. The van der Waals surface area contributed by atoms with Crippen LogP contribution in [0.1, 0.15) is 30.5 Å². The topological polar surface area (TPSA) is 120 Å². The third kappa shape index (κ3) is 5.25. The highest BCUT2D eigenvalue weighted by molar-refractivity contribution is 5.89. The van der Waals surface area contributed by atoms with Gasteiger partial charge in [0, 0.05) is 31.1 Å². The number of pyridine rings is 2. The van der Waals surface area contributed by atoms with E-state index in [4.69, 9.17) is 15.1 Å². The first-order valence-electron chi connectivity index (χ1n) is 9.27. The fourth-order valence-electron chi connectivity index (χ4n) is 2.97. The van der Waals surface area contributed by atoms with Crippen LogP contribution in [0.5, 0.6) is 0 Å². The van der Waals surface area contributed by atoms with Crippen LogP contribution in [0, 0.1) is 12.3 Å². The molecule has 8 nitrogen and oxygen atoms in total. The maximum absolute atomic E-state index is 10.6. The molecule has 0 aliphatic carbocycles. The van der Waals surface area contributed by atoms with E-state index in [0.717, 1.165) is 24.5 Å². The first-order valence-corrected chi connectivity index (χ1v) is 9.27. The molecule has 0 saturated carbocycles. The van der Waals surface area contributed by atoms with Crippen LogP contribution in [0.4, 0.5) is 17.5 Å². The van der Waals surface area contributed by atoms with E-state index in [9.17, 15) is 5.11 Å². The number of nitrogens with one attached hydrogen (secondary N) is 2. The van der Waals surface area contributed by atoms with Gasteiger partial charge in [0.15, 0.2) is 0 Å². The van der Waals surface area contributed by atoms with Crippen molar-refractivity contribution in [3.8, 4) is 0 Å². The molecule has 3 heterocycles. The predicted molar refractivity (Wildman–Crippen MR) is 113 cm³/mol. The highest BCUT2D eigenvalue weighted by Crippen LogP contribution is 2.32. The third-order valence-corrected chi connectivity index (χ3v) is 4.35. The number of aromatic nitrogens is 2. The lowest BCUT2D eigenvalue weighted by Crippen LogP contribution is -2.37. The van der Waals surface area contributed by atoms with Gasteiger partial charge in [-0.15, -0.1) is 0 Å². The second kappa shape index (κ2) is 9.59. The fourth-order valence-corrected chi connectivity index (χ4v) is 2.97. The van der Waals surface area contributed by atoms with Crippen LogP contribution < -0.4 is 16.0 Å². The fraction of sp³-hybridized carbons (Fsp3) is 0.450. The zero-order valence-electron chi connectivity index (χ0n) is 17.0. The number of nitrogens with two attached hydrogens (primary N) is 1. The number of nitrogens with zero attached hydrogens (tertiary/aromatic N) is 3. The maximum Gasteiger partial charge on any atom is 0.143 e. The highest BCUT2D eigenvalue weighted by atomic mass is 16.5. The van der Waals surface area contributed by atoms with Crippen LogP contribution in [-0.2, 0) is 10.3 Å². The molecule has 3 rings (SSSR count). The number of hydrogen-bond acceptors (Lipinski definition) is 8. The Hall–Kier alpha value is -2.55. The van der Waals surface area contributed by atoms with Crippen molar-refractivity contribution in [2.75, 3.05) is 43.6 Å². The second-order valence-electron chi connectivity index (χ2n) is 6.94. The molecule has 0 radical (unpaired) electrons. The average molecular weight is 387 g/mol. The molecule has 0 spiro atoms. The Balaban J connectivity index is 0.00000136. The van der Waals surface area contributed by atoms with E-state index in [0.29, 0.717) is 36.0 Å². The van der Waals surface area contributed by atoms with Gasteiger partial charge in [0.2, 0.25) is 0 Å². The highest BCUT2D eigenvalue weighted by Gasteiger charge is 2.25. The number of aliphatic hydroxyl groups is 1. The lowest BCUT2D eigenvalue weighted by atomic mass is 9.94. The normalized spacial score (nSPS) is 14.1. The van der Waals surface area contributed by atoms with Gasteiger partial charge < -0.3 is 31.2 Å². The summed E-state index contributed by atoms with van der Waals surface area (Å²) >= 11 is 0. The number of hydrogen-bond donors (Lipinski definition) is 4. The standard InChI is InChI=1S/C19H25N5O2.CH5N/c1-13-4-5-21-16(10-13)22-18-14(12-20)15(19(2,3)25)11-17(23-18)24-6-8-26-9-7-24;1-2/h4-5,10-12,20,25H,6-9H2,1-3H3,(H,21,22,23);2H2,1H3. The van der Waals surface area contributed by atoms with Crippen molar-refractivity contribution >= 4 is 23.7 Å². The Morgan fingerprint density at radius 2 is 1.96 bits per heavy atom. The zero-order valence-corrected chi connectivity index (χ0v) is 17.0. The number of morpholine rings is 1. The van der Waals surface area contributed by atoms with Crippen LogP contribution in [0.3, 0.4) is 0 Å². The molecule has 0 aromatic carbocycles. The Morgan fingerprint density at radius 1 is 1.29 bits per heavy atom. The number of aryl methyl sites for hydroxylation is 1. The van der Waals surface area contributed by atoms with Gasteiger partial charge in [-0.2, -0.15) is 0 Å². The number of anilines is 3. The molecule has 1 aliphatic rings. The van der Waals surface area contributed by atoms with Crippen LogP contribution in [-0.4, -0.2) is 54.6 Å². The van der Waals surface area contributed by atoms with Gasteiger partial charge in [-0.05, 0) is 57.1 Å². The van der Waals surface area contributed by atoms with E-state index in [1.807, 2.05) is 25.1 Å². The lowest BCUT2D eigenvalue weighted by molar-refractivity contribution is 0.0784. The third-order valence-electron chi connectivity index (χ3n) is 4.35. The summed E-state index contributed by atoms with van der Waals surface area (Å²) in [4.78, 5) is 11.2. The minimum Gasteiger partial charge on any atom is -0.386 e. The van der Waals surface area contributed by atoms with E-state index in [1.165, 1.54) is 13.3 Å². The van der Waals surface area contributed by atoms with Crippen molar-refractivity contribution in [1.29, 1.82) is 5.41 Å². The van der Waals surface area contributed by atoms with Gasteiger partial charge in [-0.25, -0.2) is 9.97 Å². The minimum absolute atomic E-state index is 0.513. The van der Waals surface area contributed by atoms with E-state index in [-0.39, 0.29) is 0 Å². The molecule has 0 amide bonds. The quantitative estimate of drug-likeness (QED) is 0.581. The summed E-state index contributed by atoms with van der Waals surface area (Å²) in [6.45, 7) is 8.20. The monoisotopic (exact) mass is 386 g/mol. The summed E-state index contributed by atoms with van der Waals surface area (Å²) in [5, 5.41) is 21.7. The molecule has 0 bridgehead atoms. The van der Waals surface area contributed by atoms with Gasteiger partial charge >= 0.3 is 0 Å². The molecule has 5 N–H and O–H groups in total. The lowest BCUT2D eigenvalue weighted by Gasteiger charge is -2.30. The van der Waals surface area contributed by atoms with E-state index >= 15 is 0 Å². The Kier molecular flexibility index (Phi) is 7.45. The van der Waals surface area contributed by atoms with Crippen molar-refractivity contribution in [2.45, 2.75) is 26.4 Å². The van der Waals surface area contributed by atoms with Gasteiger partial charge in [-0.3, -0.25) is 0 Å². The minimum atomic E-state index is -1.10. The summed E-state index contributed by atoms with van der Waals surface area (Å²) in [7, 11) is 1.50. The van der Waals surface area contributed by atoms with Crippen LogP contribution in [0.2, 0.25) is 0 Å². The van der Waals surface area contributed by atoms with Gasteiger partial charge in [0.25, 0.3) is 0 Å². The van der Waals surface area contributed by atoms with Crippen molar-refractivity contribution in [3.05, 3.63) is 41.1 Å². The Labute approximate surface area is 166 Å². The first-order chi connectivity index (χ1) is 13.4. The van der Waals surface area contributed by atoms with Gasteiger partial charge in [0.05, 0.1) is 18.8 Å². The van der Waals surface area contributed by atoms with Crippen molar-refractivity contribution in [1.82, 2.24) is 9.97 Å². The predicted octanol–water partition coefficient (Wildman–Crippen LogP) is 2.17. The van der Waals surface area contributed by atoms with E-state index in [2.05, 4.69) is 20.9 Å². The van der Waals surface area contributed by atoms with Gasteiger partial charge in [0.1, 0.15) is 17.5 Å². The van der Waals surface area contributed by atoms with Crippen molar-refractivity contribution in [2.24, 2.45) is 5.73 Å². The number of rotatable bonds is 5.